The van der Waals surface area contributed by atoms with Crippen molar-refractivity contribution in [1.82, 2.24) is 9.80 Å². The number of aliphatic hydroxyl groups excluding tert-OH is 1. The Morgan fingerprint density at radius 2 is 2.30 bits per heavy atom. The number of aliphatic hydroxyl groups is 1. The highest BCUT2D eigenvalue weighted by atomic mass is 32.1. The lowest BCUT2D eigenvalue weighted by Crippen LogP contribution is -2.47. The van der Waals surface area contributed by atoms with Gasteiger partial charge in [-0.2, -0.15) is 0 Å². The number of amides is 2. The van der Waals surface area contributed by atoms with Gasteiger partial charge in [-0.1, -0.05) is 6.07 Å². The highest BCUT2D eigenvalue weighted by molar-refractivity contribution is 7.09. The van der Waals surface area contributed by atoms with E-state index in [-0.39, 0.29) is 19.0 Å². The second-order valence-corrected chi connectivity index (χ2v) is 5.80. The molecule has 0 unspecified atom stereocenters. The van der Waals surface area contributed by atoms with Crippen LogP contribution in [0.4, 0.5) is 4.79 Å². The molecule has 2 amide bonds. The van der Waals surface area contributed by atoms with E-state index in [0.29, 0.717) is 13.1 Å². The lowest BCUT2D eigenvalue weighted by molar-refractivity contribution is -0.141. The fourth-order valence-corrected chi connectivity index (χ4v) is 3.07. The van der Waals surface area contributed by atoms with Crippen molar-refractivity contribution in [1.29, 1.82) is 0 Å². The summed E-state index contributed by atoms with van der Waals surface area (Å²) in [6.45, 7) is 2.89. The van der Waals surface area contributed by atoms with Crippen molar-refractivity contribution in [2.24, 2.45) is 0 Å². The van der Waals surface area contributed by atoms with E-state index in [1.54, 1.807) is 16.2 Å². The predicted octanol–water partition coefficient (Wildman–Crippen LogP) is 1.21. The molecule has 110 valence electrons. The Bertz CT molecular complexity index is 477. The van der Waals surface area contributed by atoms with Crippen LogP contribution in [0.25, 0.3) is 0 Å². The van der Waals surface area contributed by atoms with Gasteiger partial charge in [0.15, 0.2) is 0 Å². The molecular weight excluding hydrogens is 280 g/mol. The van der Waals surface area contributed by atoms with Crippen molar-refractivity contribution >= 4 is 23.3 Å². The summed E-state index contributed by atoms with van der Waals surface area (Å²) in [6.07, 6.45) is -0.669. The minimum atomic E-state index is -1.07. The normalized spacial score (nSPS) is 22.0. The van der Waals surface area contributed by atoms with Crippen molar-refractivity contribution in [3.05, 3.63) is 22.4 Å². The van der Waals surface area contributed by atoms with E-state index in [2.05, 4.69) is 0 Å². The first kappa shape index (κ1) is 14.8. The van der Waals surface area contributed by atoms with Gasteiger partial charge in [0.2, 0.25) is 0 Å². The number of hydrogen-bond donors (Lipinski definition) is 2. The van der Waals surface area contributed by atoms with Crippen LogP contribution in [0.15, 0.2) is 17.5 Å². The lowest BCUT2D eigenvalue weighted by Gasteiger charge is -2.29. The third-order valence-corrected chi connectivity index (χ3v) is 4.25. The van der Waals surface area contributed by atoms with Crippen molar-refractivity contribution < 1.29 is 19.8 Å². The third-order valence-electron chi connectivity index (χ3n) is 3.39. The van der Waals surface area contributed by atoms with Crippen LogP contribution in [0.3, 0.4) is 0 Å². The van der Waals surface area contributed by atoms with E-state index in [1.807, 2.05) is 24.4 Å². The number of urea groups is 1. The van der Waals surface area contributed by atoms with Gasteiger partial charge >= 0.3 is 12.0 Å². The highest BCUT2D eigenvalue weighted by Gasteiger charge is 2.40. The lowest BCUT2D eigenvalue weighted by atomic mass is 10.2. The Kier molecular flexibility index (Phi) is 4.61. The largest absolute Gasteiger partial charge is 0.480 e. The SMILES string of the molecule is CCN(Cc1cccs1)C(=O)N1C[C@H](O)C[C@@H]1C(=O)O. The van der Waals surface area contributed by atoms with Gasteiger partial charge in [-0.25, -0.2) is 9.59 Å². The van der Waals surface area contributed by atoms with Crippen LogP contribution >= 0.6 is 11.3 Å². The van der Waals surface area contributed by atoms with Crippen LogP contribution in [0, 0.1) is 0 Å². The Labute approximate surface area is 121 Å². The summed E-state index contributed by atoms with van der Waals surface area (Å²) in [4.78, 5) is 27.5. The van der Waals surface area contributed by atoms with Crippen LogP contribution in [-0.4, -0.2) is 57.2 Å². The monoisotopic (exact) mass is 298 g/mol. The van der Waals surface area contributed by atoms with Gasteiger partial charge in [-0.3, -0.25) is 0 Å². The molecule has 1 aliphatic heterocycles. The van der Waals surface area contributed by atoms with Crippen LogP contribution in [0.2, 0.25) is 0 Å². The average Bonchev–Trinajstić information content (AvgIpc) is 3.04. The molecule has 2 rings (SSSR count). The number of β-amino-alcohol motifs (C(OH)–C–C–N with tert-alkyl or cyclic N) is 1. The van der Waals surface area contributed by atoms with Gasteiger partial charge in [0.1, 0.15) is 6.04 Å². The van der Waals surface area contributed by atoms with Gasteiger partial charge in [0, 0.05) is 24.4 Å². The molecule has 0 spiro atoms. The minimum absolute atomic E-state index is 0.0801. The predicted molar refractivity (Wildman–Crippen MR) is 74.6 cm³/mol. The molecule has 1 aromatic heterocycles. The molecule has 20 heavy (non-hydrogen) atoms. The Morgan fingerprint density at radius 1 is 1.55 bits per heavy atom. The fourth-order valence-electron chi connectivity index (χ4n) is 2.35. The quantitative estimate of drug-likeness (QED) is 0.875. The molecule has 0 saturated carbocycles. The van der Waals surface area contributed by atoms with Crippen molar-refractivity contribution in [3.63, 3.8) is 0 Å². The number of rotatable bonds is 4. The standard InChI is InChI=1S/C13H18N2O4S/c1-2-14(8-10-4-3-5-20-10)13(19)15-7-9(16)6-11(15)12(17)18/h3-5,9,11,16H,2,6-8H2,1H3,(H,17,18)/t9-,11-/m1/s1. The molecule has 0 aliphatic carbocycles. The summed E-state index contributed by atoms with van der Waals surface area (Å²) >= 11 is 1.56. The second-order valence-electron chi connectivity index (χ2n) is 4.77. The Hall–Kier alpha value is -1.60. The van der Waals surface area contributed by atoms with Crippen LogP contribution in [-0.2, 0) is 11.3 Å². The summed E-state index contributed by atoms with van der Waals surface area (Å²) < 4.78 is 0. The van der Waals surface area contributed by atoms with Gasteiger partial charge in [0.25, 0.3) is 0 Å². The molecule has 2 atom stereocenters. The van der Waals surface area contributed by atoms with Crippen molar-refractivity contribution in [2.45, 2.75) is 32.0 Å². The maximum absolute atomic E-state index is 12.4. The molecule has 1 aliphatic rings. The molecule has 1 aromatic rings. The first-order chi connectivity index (χ1) is 9.52. The number of hydrogen-bond acceptors (Lipinski definition) is 4. The van der Waals surface area contributed by atoms with Crippen LogP contribution < -0.4 is 0 Å². The number of aliphatic carboxylic acids is 1. The number of thiophene rings is 1. The second kappa shape index (κ2) is 6.23. The van der Waals surface area contributed by atoms with Gasteiger partial charge < -0.3 is 20.0 Å². The van der Waals surface area contributed by atoms with E-state index in [0.717, 1.165) is 4.88 Å². The average molecular weight is 298 g/mol. The molecule has 0 bridgehead atoms. The zero-order valence-corrected chi connectivity index (χ0v) is 12.0. The number of carbonyl (C=O) groups is 2. The number of carboxylic acid groups (broad SMARTS) is 1. The van der Waals surface area contributed by atoms with Gasteiger partial charge in [0.05, 0.1) is 12.6 Å². The molecule has 0 aromatic carbocycles. The summed E-state index contributed by atoms with van der Waals surface area (Å²) in [6, 6.07) is 2.59. The smallest absolute Gasteiger partial charge is 0.326 e. The molecule has 6 nitrogen and oxygen atoms in total. The maximum Gasteiger partial charge on any atom is 0.326 e. The van der Waals surface area contributed by atoms with Crippen LogP contribution in [0.5, 0.6) is 0 Å². The molecular formula is C13H18N2O4S. The fraction of sp³-hybridized carbons (Fsp3) is 0.538. The van der Waals surface area contributed by atoms with Crippen LogP contribution in [0.1, 0.15) is 18.2 Å². The Morgan fingerprint density at radius 3 is 2.85 bits per heavy atom. The zero-order chi connectivity index (χ0) is 14.7. The number of carboxylic acids is 1. The first-order valence-electron chi connectivity index (χ1n) is 6.51. The molecule has 2 heterocycles. The summed E-state index contributed by atoms with van der Waals surface area (Å²) in [5, 5.41) is 20.7. The summed E-state index contributed by atoms with van der Waals surface area (Å²) in [5.74, 6) is -1.07. The zero-order valence-electron chi connectivity index (χ0n) is 11.2. The molecule has 1 saturated heterocycles. The number of carbonyl (C=O) groups excluding carboxylic acids is 1. The number of likely N-dealkylation sites (tertiary alicyclic amines) is 1. The van der Waals surface area contributed by atoms with Crippen molar-refractivity contribution in [2.75, 3.05) is 13.1 Å². The molecule has 0 radical (unpaired) electrons. The van der Waals surface area contributed by atoms with E-state index >= 15 is 0 Å². The minimum Gasteiger partial charge on any atom is -0.480 e. The maximum atomic E-state index is 12.4. The van der Waals surface area contributed by atoms with Gasteiger partial charge in [-0.15, -0.1) is 11.3 Å². The van der Waals surface area contributed by atoms with Crippen molar-refractivity contribution in [3.8, 4) is 0 Å². The number of nitrogens with zero attached hydrogens (tertiary/aromatic N) is 2. The van der Waals surface area contributed by atoms with E-state index < -0.39 is 18.1 Å². The first-order valence-corrected chi connectivity index (χ1v) is 7.39. The third kappa shape index (κ3) is 3.10. The van der Waals surface area contributed by atoms with E-state index in [1.165, 1.54) is 4.90 Å². The highest BCUT2D eigenvalue weighted by Crippen LogP contribution is 2.21. The topological polar surface area (TPSA) is 81.1 Å². The van der Waals surface area contributed by atoms with E-state index in [9.17, 15) is 14.7 Å². The van der Waals surface area contributed by atoms with Gasteiger partial charge in [-0.05, 0) is 18.4 Å². The summed E-state index contributed by atoms with van der Waals surface area (Å²) in [5.41, 5.74) is 0. The Balaban J connectivity index is 2.09. The van der Waals surface area contributed by atoms with E-state index in [4.69, 9.17) is 5.11 Å². The summed E-state index contributed by atoms with van der Waals surface area (Å²) in [7, 11) is 0. The molecule has 7 heteroatoms. The molecule has 1 fully saturated rings. The molecule has 2 N–H and O–H groups in total.